The Hall–Kier alpha value is -3.74. The van der Waals surface area contributed by atoms with E-state index in [0.717, 1.165) is 0 Å². The lowest BCUT2D eigenvalue weighted by atomic mass is 10.2. The monoisotopic (exact) mass is 378 g/mol. The number of rotatable bonds is 7. The van der Waals surface area contributed by atoms with Crippen LogP contribution in [0.3, 0.4) is 0 Å². The number of carbonyl (C=O) groups excluding carboxylic acids is 1. The largest absolute Gasteiger partial charge is 0.424 e. The van der Waals surface area contributed by atoms with Crippen LogP contribution in [0.2, 0.25) is 0 Å². The van der Waals surface area contributed by atoms with Crippen LogP contribution in [0.15, 0.2) is 79.6 Å². The number of benzene rings is 2. The van der Waals surface area contributed by atoms with Gasteiger partial charge in [-0.2, -0.15) is 0 Å². The van der Waals surface area contributed by atoms with Gasteiger partial charge in [-0.3, -0.25) is 0 Å². The van der Waals surface area contributed by atoms with Gasteiger partial charge in [0.25, 0.3) is 0 Å². The lowest BCUT2D eigenvalue weighted by Crippen LogP contribution is -2.34. The Kier molecular flexibility index (Phi) is 6.30. The fourth-order valence-electron chi connectivity index (χ4n) is 2.46. The Balaban J connectivity index is 1.64. The molecule has 0 fully saturated rings. The molecular formula is C21H19FN4O2. The predicted molar refractivity (Wildman–Crippen MR) is 105 cm³/mol. The van der Waals surface area contributed by atoms with E-state index in [0.29, 0.717) is 17.0 Å². The number of urea groups is 1. The van der Waals surface area contributed by atoms with Gasteiger partial charge in [-0.15, -0.1) is 6.58 Å². The number of halogens is 1. The molecule has 0 saturated heterocycles. The summed E-state index contributed by atoms with van der Waals surface area (Å²) in [5.74, 6) is 0.187. The third kappa shape index (κ3) is 5.14. The summed E-state index contributed by atoms with van der Waals surface area (Å²) in [6.07, 6.45) is 4.76. The maximum atomic E-state index is 13.9. The summed E-state index contributed by atoms with van der Waals surface area (Å²) < 4.78 is 19.4. The fourth-order valence-corrected chi connectivity index (χ4v) is 2.46. The first-order valence-corrected chi connectivity index (χ1v) is 8.61. The van der Waals surface area contributed by atoms with Crippen LogP contribution in [0.25, 0.3) is 0 Å². The standard InChI is InChI=1S/C21H19FN4O2/c1-2-14-26(15-16-6-3-4-7-19(16)22)21(27)25-17-8-10-18(11-9-17)28-20-23-12-5-13-24-20/h2-13H,1,14-15H2,(H,25,27). The van der Waals surface area contributed by atoms with E-state index in [2.05, 4.69) is 21.9 Å². The van der Waals surface area contributed by atoms with E-state index in [-0.39, 0.29) is 30.9 Å². The maximum absolute atomic E-state index is 13.9. The van der Waals surface area contributed by atoms with Gasteiger partial charge < -0.3 is 15.0 Å². The molecule has 0 aliphatic rings. The summed E-state index contributed by atoms with van der Waals surface area (Å²) in [6, 6.07) is 14.7. The molecule has 0 unspecified atom stereocenters. The molecule has 0 atom stereocenters. The summed E-state index contributed by atoms with van der Waals surface area (Å²) >= 11 is 0. The Bertz CT molecular complexity index is 933. The Labute approximate surface area is 162 Å². The number of nitrogens with zero attached hydrogens (tertiary/aromatic N) is 3. The van der Waals surface area contributed by atoms with Crippen molar-refractivity contribution in [3.05, 3.63) is 91.0 Å². The second-order valence-corrected chi connectivity index (χ2v) is 5.85. The van der Waals surface area contributed by atoms with Gasteiger partial charge in [0.15, 0.2) is 0 Å². The summed E-state index contributed by atoms with van der Waals surface area (Å²) in [5.41, 5.74) is 1.01. The summed E-state index contributed by atoms with van der Waals surface area (Å²) in [6.45, 7) is 4.08. The first-order chi connectivity index (χ1) is 13.7. The van der Waals surface area contributed by atoms with Crippen molar-refractivity contribution in [3.63, 3.8) is 0 Å². The quantitative estimate of drug-likeness (QED) is 0.609. The van der Waals surface area contributed by atoms with Gasteiger partial charge in [-0.1, -0.05) is 24.3 Å². The van der Waals surface area contributed by atoms with Crippen LogP contribution >= 0.6 is 0 Å². The highest BCUT2D eigenvalue weighted by Crippen LogP contribution is 2.20. The molecule has 1 heterocycles. The lowest BCUT2D eigenvalue weighted by molar-refractivity contribution is 0.214. The molecule has 3 rings (SSSR count). The summed E-state index contributed by atoms with van der Waals surface area (Å²) in [4.78, 5) is 22.0. The second-order valence-electron chi connectivity index (χ2n) is 5.85. The SMILES string of the molecule is C=CCN(Cc1ccccc1F)C(=O)Nc1ccc(Oc2ncccn2)cc1. The average Bonchev–Trinajstić information content (AvgIpc) is 2.71. The minimum atomic E-state index is -0.358. The number of hydrogen-bond acceptors (Lipinski definition) is 4. The summed E-state index contributed by atoms with van der Waals surface area (Å²) in [7, 11) is 0. The van der Waals surface area contributed by atoms with Crippen molar-refractivity contribution < 1.29 is 13.9 Å². The first kappa shape index (κ1) is 19.0. The number of anilines is 1. The Morgan fingerprint density at radius 1 is 1.11 bits per heavy atom. The number of nitrogens with one attached hydrogen (secondary N) is 1. The zero-order chi connectivity index (χ0) is 19.8. The van der Waals surface area contributed by atoms with Crippen molar-refractivity contribution in [2.45, 2.75) is 6.54 Å². The Morgan fingerprint density at radius 2 is 1.82 bits per heavy atom. The van der Waals surface area contributed by atoms with Gasteiger partial charge in [0.05, 0.1) is 6.54 Å². The van der Waals surface area contributed by atoms with E-state index in [4.69, 9.17) is 4.74 Å². The van der Waals surface area contributed by atoms with Gasteiger partial charge in [-0.25, -0.2) is 19.2 Å². The highest BCUT2D eigenvalue weighted by atomic mass is 19.1. The molecular weight excluding hydrogens is 359 g/mol. The molecule has 1 N–H and O–H groups in total. The molecule has 0 aliphatic carbocycles. The van der Waals surface area contributed by atoms with Crippen LogP contribution in [-0.4, -0.2) is 27.4 Å². The number of hydrogen-bond donors (Lipinski definition) is 1. The third-order valence-electron chi connectivity index (χ3n) is 3.81. The third-order valence-corrected chi connectivity index (χ3v) is 3.81. The van der Waals surface area contributed by atoms with Gasteiger partial charge in [0.1, 0.15) is 11.6 Å². The van der Waals surface area contributed by atoms with Gasteiger partial charge in [0.2, 0.25) is 0 Å². The average molecular weight is 378 g/mol. The number of aromatic nitrogens is 2. The van der Waals surface area contributed by atoms with Crippen molar-refractivity contribution >= 4 is 11.7 Å². The van der Waals surface area contributed by atoms with E-state index in [1.807, 2.05) is 0 Å². The van der Waals surface area contributed by atoms with Gasteiger partial charge in [-0.05, 0) is 36.4 Å². The van der Waals surface area contributed by atoms with Gasteiger partial charge >= 0.3 is 12.0 Å². The molecule has 0 saturated carbocycles. The van der Waals surface area contributed by atoms with Crippen LogP contribution in [0, 0.1) is 5.82 Å². The van der Waals surface area contributed by atoms with Crippen LogP contribution in [0.5, 0.6) is 11.8 Å². The molecule has 3 aromatic rings. The summed E-state index contributed by atoms with van der Waals surface area (Å²) in [5, 5.41) is 2.79. The van der Waals surface area contributed by atoms with Crippen molar-refractivity contribution in [1.29, 1.82) is 0 Å². The highest BCUT2D eigenvalue weighted by Gasteiger charge is 2.15. The molecule has 0 bridgehead atoms. The minimum absolute atomic E-state index is 0.136. The minimum Gasteiger partial charge on any atom is -0.424 e. The van der Waals surface area contributed by atoms with E-state index in [1.54, 1.807) is 67.0 Å². The van der Waals surface area contributed by atoms with E-state index >= 15 is 0 Å². The zero-order valence-corrected chi connectivity index (χ0v) is 15.1. The molecule has 28 heavy (non-hydrogen) atoms. The molecule has 2 amide bonds. The Morgan fingerprint density at radius 3 is 2.50 bits per heavy atom. The van der Waals surface area contributed by atoms with Crippen LogP contribution in [-0.2, 0) is 6.54 Å². The predicted octanol–water partition coefficient (Wildman–Crippen LogP) is 4.63. The normalized spacial score (nSPS) is 10.2. The molecule has 6 nitrogen and oxygen atoms in total. The fraction of sp³-hybridized carbons (Fsp3) is 0.0952. The molecule has 2 aromatic carbocycles. The van der Waals surface area contributed by atoms with Crippen molar-refractivity contribution in [3.8, 4) is 11.8 Å². The van der Waals surface area contributed by atoms with Crippen LogP contribution in [0.4, 0.5) is 14.9 Å². The second kappa shape index (κ2) is 9.27. The van der Waals surface area contributed by atoms with Crippen LogP contribution in [0.1, 0.15) is 5.56 Å². The zero-order valence-electron chi connectivity index (χ0n) is 15.1. The molecule has 142 valence electrons. The van der Waals surface area contributed by atoms with Crippen LogP contribution < -0.4 is 10.1 Å². The molecule has 1 aromatic heterocycles. The highest BCUT2D eigenvalue weighted by molar-refractivity contribution is 5.89. The number of amides is 2. The number of ether oxygens (including phenoxy) is 1. The topological polar surface area (TPSA) is 67.4 Å². The van der Waals surface area contributed by atoms with E-state index < -0.39 is 0 Å². The van der Waals surface area contributed by atoms with Gasteiger partial charge in [0, 0.05) is 30.2 Å². The lowest BCUT2D eigenvalue weighted by Gasteiger charge is -2.22. The number of carbonyl (C=O) groups is 1. The molecule has 7 heteroatoms. The van der Waals surface area contributed by atoms with Crippen molar-refractivity contribution in [2.24, 2.45) is 0 Å². The molecule has 0 spiro atoms. The molecule has 0 aliphatic heterocycles. The first-order valence-electron chi connectivity index (χ1n) is 8.61. The smallest absolute Gasteiger partial charge is 0.322 e. The maximum Gasteiger partial charge on any atom is 0.322 e. The van der Waals surface area contributed by atoms with E-state index in [1.165, 1.54) is 11.0 Å². The van der Waals surface area contributed by atoms with E-state index in [9.17, 15) is 9.18 Å². The van der Waals surface area contributed by atoms with Crippen molar-refractivity contribution in [2.75, 3.05) is 11.9 Å². The van der Waals surface area contributed by atoms with Crippen molar-refractivity contribution in [1.82, 2.24) is 14.9 Å². The molecule has 0 radical (unpaired) electrons.